The molecule has 1 N–H and O–H groups in total. The van der Waals surface area contributed by atoms with Crippen molar-refractivity contribution >= 4 is 17.7 Å². The number of carbonyl (C=O) groups is 1. The van der Waals surface area contributed by atoms with E-state index in [1.807, 2.05) is 11.8 Å². The normalized spacial score (nSPS) is 33.8. The summed E-state index contributed by atoms with van der Waals surface area (Å²) in [6, 6.07) is 0.587. The monoisotopic (exact) mass is 270 g/mol. The van der Waals surface area contributed by atoms with Gasteiger partial charge in [0.25, 0.3) is 0 Å². The number of likely N-dealkylation sites (tertiary alicyclic amines) is 1. The first-order chi connectivity index (χ1) is 8.76. The van der Waals surface area contributed by atoms with E-state index in [-0.39, 0.29) is 6.04 Å². The van der Waals surface area contributed by atoms with Crippen molar-refractivity contribution in [1.29, 1.82) is 0 Å². The molecule has 3 atom stereocenters. The van der Waals surface area contributed by atoms with Crippen LogP contribution in [0.5, 0.6) is 0 Å². The van der Waals surface area contributed by atoms with E-state index in [0.29, 0.717) is 11.9 Å². The molecule has 2 fully saturated rings. The summed E-state index contributed by atoms with van der Waals surface area (Å²) in [4.78, 5) is 14.6. The van der Waals surface area contributed by atoms with Crippen LogP contribution in [-0.2, 0) is 4.79 Å². The maximum atomic E-state index is 12.5. The van der Waals surface area contributed by atoms with Crippen LogP contribution in [0.3, 0.4) is 0 Å². The van der Waals surface area contributed by atoms with Crippen LogP contribution in [0.4, 0.5) is 0 Å². The zero-order chi connectivity index (χ0) is 13.0. The van der Waals surface area contributed by atoms with Gasteiger partial charge in [-0.05, 0) is 44.9 Å². The predicted molar refractivity (Wildman–Crippen MR) is 78.0 cm³/mol. The first kappa shape index (κ1) is 14.2. The van der Waals surface area contributed by atoms with Crippen LogP contribution in [0.2, 0.25) is 0 Å². The number of nitrogens with one attached hydrogen (secondary N) is 1. The molecule has 0 spiro atoms. The fraction of sp³-hybridized carbons (Fsp3) is 0.929. The molecule has 3 unspecified atom stereocenters. The molecule has 1 heterocycles. The van der Waals surface area contributed by atoms with E-state index in [0.717, 1.165) is 31.2 Å². The average molecular weight is 270 g/mol. The van der Waals surface area contributed by atoms with Gasteiger partial charge in [-0.1, -0.05) is 13.3 Å². The molecule has 18 heavy (non-hydrogen) atoms. The number of likely N-dealkylation sites (N-methyl/N-ethyl adjacent to an activating group) is 1. The van der Waals surface area contributed by atoms with E-state index in [2.05, 4.69) is 23.4 Å². The molecule has 3 nitrogen and oxygen atoms in total. The smallest absolute Gasteiger partial charge is 0.239 e. The van der Waals surface area contributed by atoms with E-state index < -0.39 is 0 Å². The first-order valence-electron chi connectivity index (χ1n) is 7.33. The van der Waals surface area contributed by atoms with E-state index in [1.54, 1.807) is 0 Å². The van der Waals surface area contributed by atoms with Crippen LogP contribution in [0.1, 0.15) is 45.4 Å². The van der Waals surface area contributed by atoms with Gasteiger partial charge in [-0.15, -0.1) is 0 Å². The molecule has 1 amide bonds. The maximum Gasteiger partial charge on any atom is 0.239 e. The van der Waals surface area contributed by atoms with E-state index in [9.17, 15) is 4.79 Å². The largest absolute Gasteiger partial charge is 0.338 e. The Balaban J connectivity index is 1.96. The van der Waals surface area contributed by atoms with Crippen LogP contribution in [-0.4, -0.2) is 47.5 Å². The molecular formula is C14H26N2OS. The van der Waals surface area contributed by atoms with Crippen LogP contribution in [0.25, 0.3) is 0 Å². The number of piperidine rings is 1. The summed E-state index contributed by atoms with van der Waals surface area (Å²) in [7, 11) is 0. The fourth-order valence-electron chi connectivity index (χ4n) is 3.32. The molecule has 1 aliphatic carbocycles. The molecule has 4 heteroatoms. The van der Waals surface area contributed by atoms with Gasteiger partial charge in [0.1, 0.15) is 0 Å². The van der Waals surface area contributed by atoms with Crippen molar-refractivity contribution in [1.82, 2.24) is 10.2 Å². The van der Waals surface area contributed by atoms with Crippen LogP contribution in [0.15, 0.2) is 0 Å². The summed E-state index contributed by atoms with van der Waals surface area (Å²) in [6.45, 7) is 3.95. The maximum absolute atomic E-state index is 12.5. The number of amides is 1. The molecule has 0 aromatic rings. The quantitative estimate of drug-likeness (QED) is 0.850. The third-order valence-corrected chi connectivity index (χ3v) is 5.39. The highest BCUT2D eigenvalue weighted by Crippen LogP contribution is 2.31. The number of hydrogen-bond donors (Lipinski definition) is 1. The van der Waals surface area contributed by atoms with Crippen molar-refractivity contribution in [2.75, 3.05) is 19.3 Å². The van der Waals surface area contributed by atoms with Gasteiger partial charge in [0, 0.05) is 17.8 Å². The molecule has 0 aromatic carbocycles. The number of carbonyl (C=O) groups excluding carboxylic acids is 1. The predicted octanol–water partition coefficient (Wildman–Crippen LogP) is 2.26. The van der Waals surface area contributed by atoms with Gasteiger partial charge in [0.05, 0.1) is 6.04 Å². The lowest BCUT2D eigenvalue weighted by atomic mass is 9.91. The number of nitrogens with zero attached hydrogens (tertiary/aromatic N) is 1. The highest BCUT2D eigenvalue weighted by molar-refractivity contribution is 7.99. The number of rotatable bonds is 4. The minimum absolute atomic E-state index is 0.0819. The van der Waals surface area contributed by atoms with Gasteiger partial charge in [-0.2, -0.15) is 11.8 Å². The zero-order valence-electron chi connectivity index (χ0n) is 11.7. The molecule has 1 saturated heterocycles. The molecule has 2 aliphatic rings. The summed E-state index contributed by atoms with van der Waals surface area (Å²) in [6.07, 6.45) is 9.40. The Morgan fingerprint density at radius 1 is 1.33 bits per heavy atom. The van der Waals surface area contributed by atoms with Crippen molar-refractivity contribution < 1.29 is 4.79 Å². The van der Waals surface area contributed by atoms with Gasteiger partial charge in [-0.25, -0.2) is 0 Å². The Morgan fingerprint density at radius 3 is 2.89 bits per heavy atom. The van der Waals surface area contributed by atoms with E-state index in [4.69, 9.17) is 0 Å². The lowest BCUT2D eigenvalue weighted by molar-refractivity contribution is -0.139. The van der Waals surface area contributed by atoms with Crippen LogP contribution in [0, 0.1) is 0 Å². The molecule has 0 aromatic heterocycles. The lowest BCUT2D eigenvalue weighted by Crippen LogP contribution is -2.55. The summed E-state index contributed by atoms with van der Waals surface area (Å²) in [5.41, 5.74) is 0. The zero-order valence-corrected chi connectivity index (χ0v) is 12.5. The third kappa shape index (κ3) is 3.21. The van der Waals surface area contributed by atoms with Gasteiger partial charge in [0.15, 0.2) is 0 Å². The lowest BCUT2D eigenvalue weighted by Gasteiger charge is -2.41. The molecule has 104 valence electrons. The molecular weight excluding hydrogens is 244 g/mol. The summed E-state index contributed by atoms with van der Waals surface area (Å²) < 4.78 is 0. The van der Waals surface area contributed by atoms with Crippen LogP contribution < -0.4 is 5.32 Å². The van der Waals surface area contributed by atoms with E-state index >= 15 is 0 Å². The second kappa shape index (κ2) is 6.80. The van der Waals surface area contributed by atoms with Crippen molar-refractivity contribution in [3.05, 3.63) is 0 Å². The summed E-state index contributed by atoms with van der Waals surface area (Å²) in [5.74, 6) is 0.356. The molecule has 0 radical (unpaired) electrons. The molecule has 0 bridgehead atoms. The van der Waals surface area contributed by atoms with Crippen molar-refractivity contribution in [3.8, 4) is 0 Å². The fourth-order valence-corrected chi connectivity index (χ4v) is 4.13. The highest BCUT2D eigenvalue weighted by Gasteiger charge is 2.34. The van der Waals surface area contributed by atoms with Crippen molar-refractivity contribution in [2.45, 2.75) is 62.8 Å². The van der Waals surface area contributed by atoms with Gasteiger partial charge >= 0.3 is 0 Å². The summed E-state index contributed by atoms with van der Waals surface area (Å²) >= 11 is 1.97. The standard InChI is InChI=1S/C14H26N2OS/c1-3-15-13-8-5-9-16(14(13)17)11-6-4-7-12(10-11)18-2/h11-13,15H,3-10H2,1-2H3. The molecule has 1 aliphatic heterocycles. The first-order valence-corrected chi connectivity index (χ1v) is 8.61. The Labute approximate surface area is 115 Å². The van der Waals surface area contributed by atoms with E-state index in [1.165, 1.54) is 25.7 Å². The number of hydrogen-bond acceptors (Lipinski definition) is 3. The third-order valence-electron chi connectivity index (χ3n) is 4.30. The number of thioether (sulfide) groups is 1. The Morgan fingerprint density at radius 2 is 2.17 bits per heavy atom. The van der Waals surface area contributed by atoms with Gasteiger partial charge < -0.3 is 10.2 Å². The Kier molecular flexibility index (Phi) is 5.37. The molecule has 1 saturated carbocycles. The van der Waals surface area contributed by atoms with Crippen molar-refractivity contribution in [3.63, 3.8) is 0 Å². The van der Waals surface area contributed by atoms with Crippen molar-refractivity contribution in [2.24, 2.45) is 0 Å². The SMILES string of the molecule is CCNC1CCCN(C2CCCC(SC)C2)C1=O. The van der Waals surface area contributed by atoms with Crippen LogP contribution >= 0.6 is 11.8 Å². The second-order valence-electron chi connectivity index (χ2n) is 5.46. The highest BCUT2D eigenvalue weighted by atomic mass is 32.2. The minimum Gasteiger partial charge on any atom is -0.338 e. The topological polar surface area (TPSA) is 32.3 Å². The van der Waals surface area contributed by atoms with Gasteiger partial charge in [0.2, 0.25) is 5.91 Å². The molecule has 2 rings (SSSR count). The minimum atomic E-state index is 0.0819. The second-order valence-corrected chi connectivity index (χ2v) is 6.60. The Hall–Kier alpha value is -0.220. The van der Waals surface area contributed by atoms with Gasteiger partial charge in [-0.3, -0.25) is 4.79 Å². The summed E-state index contributed by atoms with van der Waals surface area (Å²) in [5, 5.41) is 4.09. The Bertz CT molecular complexity index is 283. The average Bonchev–Trinajstić information content (AvgIpc) is 2.41.